The van der Waals surface area contributed by atoms with Gasteiger partial charge in [-0.15, -0.1) is 0 Å². The van der Waals surface area contributed by atoms with Crippen LogP contribution in [-0.4, -0.2) is 17.1 Å². The van der Waals surface area contributed by atoms with Crippen LogP contribution in [-0.2, 0) is 10.4 Å². The molecule has 0 bridgehead atoms. The average molecular weight is 284 g/mol. The van der Waals surface area contributed by atoms with Crippen molar-refractivity contribution < 1.29 is 23.1 Å². The molecule has 0 saturated heterocycles. The van der Waals surface area contributed by atoms with Crippen molar-refractivity contribution in [3.63, 3.8) is 0 Å². The predicted molar refractivity (Wildman–Crippen MR) is 68.0 cm³/mol. The molecule has 0 unspecified atom stereocenters. The molecule has 0 spiro atoms. The summed E-state index contributed by atoms with van der Waals surface area (Å²) in [6.45, 7) is 0. The topological polar surface area (TPSA) is 37.3 Å². The standard InChI is InChI=1S/C15H15F3O2/c16-15(17,18)14(20,12-6-2-1-3-7-12)10-11-5-4-8-13(19)9-11/h1-3,6-7,9,20H,4-5,8,10H2/t14-/m0/s1. The zero-order chi connectivity index (χ0) is 14.8. The first-order valence-electron chi connectivity index (χ1n) is 6.40. The molecule has 1 aromatic rings. The first-order valence-corrected chi connectivity index (χ1v) is 6.40. The van der Waals surface area contributed by atoms with Crippen LogP contribution in [0.5, 0.6) is 0 Å². The summed E-state index contributed by atoms with van der Waals surface area (Å²) in [4.78, 5) is 11.3. The van der Waals surface area contributed by atoms with E-state index >= 15 is 0 Å². The molecule has 5 heteroatoms. The largest absolute Gasteiger partial charge is 0.421 e. The lowest BCUT2D eigenvalue weighted by Gasteiger charge is -2.32. The van der Waals surface area contributed by atoms with E-state index in [0.717, 1.165) is 0 Å². The quantitative estimate of drug-likeness (QED) is 0.922. The molecule has 20 heavy (non-hydrogen) atoms. The lowest BCUT2D eigenvalue weighted by molar-refractivity contribution is -0.266. The van der Waals surface area contributed by atoms with Gasteiger partial charge in [-0.2, -0.15) is 13.2 Å². The number of hydrogen-bond donors (Lipinski definition) is 1. The van der Waals surface area contributed by atoms with Gasteiger partial charge in [0.1, 0.15) is 0 Å². The van der Waals surface area contributed by atoms with Crippen LogP contribution in [0.4, 0.5) is 13.2 Å². The SMILES string of the molecule is O=C1C=C(C[C@](O)(c2ccccc2)C(F)(F)F)CCC1. The average Bonchev–Trinajstić information content (AvgIpc) is 2.38. The number of benzene rings is 1. The van der Waals surface area contributed by atoms with Crippen molar-refractivity contribution in [1.29, 1.82) is 0 Å². The van der Waals surface area contributed by atoms with E-state index < -0.39 is 18.2 Å². The zero-order valence-electron chi connectivity index (χ0n) is 10.8. The second-order valence-electron chi connectivity index (χ2n) is 5.02. The number of carbonyl (C=O) groups is 1. The van der Waals surface area contributed by atoms with E-state index in [9.17, 15) is 23.1 Å². The maximum Gasteiger partial charge on any atom is 0.421 e. The highest BCUT2D eigenvalue weighted by Gasteiger charge is 2.55. The molecule has 0 radical (unpaired) electrons. The molecule has 2 rings (SSSR count). The van der Waals surface area contributed by atoms with Crippen LogP contribution >= 0.6 is 0 Å². The fourth-order valence-electron chi connectivity index (χ4n) is 2.41. The molecule has 1 aromatic carbocycles. The first kappa shape index (κ1) is 14.8. The molecule has 2 nitrogen and oxygen atoms in total. The Kier molecular flexibility index (Phi) is 3.99. The highest BCUT2D eigenvalue weighted by molar-refractivity contribution is 5.91. The van der Waals surface area contributed by atoms with Gasteiger partial charge < -0.3 is 5.11 Å². The van der Waals surface area contributed by atoms with Crippen molar-refractivity contribution >= 4 is 5.78 Å². The Balaban J connectivity index is 2.36. The lowest BCUT2D eigenvalue weighted by Crippen LogP contribution is -2.42. The number of aliphatic hydroxyl groups is 1. The van der Waals surface area contributed by atoms with Gasteiger partial charge in [-0.25, -0.2) is 0 Å². The van der Waals surface area contributed by atoms with Gasteiger partial charge in [0.15, 0.2) is 11.4 Å². The normalized spacial score (nSPS) is 19.4. The van der Waals surface area contributed by atoms with E-state index in [1.54, 1.807) is 6.07 Å². The Labute approximate surface area is 114 Å². The number of halogens is 3. The van der Waals surface area contributed by atoms with E-state index in [0.29, 0.717) is 24.8 Å². The van der Waals surface area contributed by atoms with E-state index in [1.807, 2.05) is 0 Å². The molecule has 0 amide bonds. The monoisotopic (exact) mass is 284 g/mol. The highest BCUT2D eigenvalue weighted by Crippen LogP contribution is 2.44. The number of ketones is 1. The highest BCUT2D eigenvalue weighted by atomic mass is 19.4. The van der Waals surface area contributed by atoms with Crippen molar-refractivity contribution in [2.24, 2.45) is 0 Å². The molecule has 0 fully saturated rings. The lowest BCUT2D eigenvalue weighted by atomic mass is 9.83. The van der Waals surface area contributed by atoms with Gasteiger partial charge in [-0.05, 0) is 24.5 Å². The van der Waals surface area contributed by atoms with Crippen LogP contribution in [0.2, 0.25) is 0 Å². The number of allylic oxidation sites excluding steroid dienone is 1. The van der Waals surface area contributed by atoms with Crippen LogP contribution in [0.3, 0.4) is 0 Å². The van der Waals surface area contributed by atoms with Gasteiger partial charge in [0.05, 0.1) is 0 Å². The van der Waals surface area contributed by atoms with E-state index in [1.165, 1.54) is 30.3 Å². The summed E-state index contributed by atoms with van der Waals surface area (Å²) < 4.78 is 39.8. The van der Waals surface area contributed by atoms with Crippen molar-refractivity contribution in [1.82, 2.24) is 0 Å². The third-order valence-electron chi connectivity index (χ3n) is 3.49. The molecule has 0 aliphatic heterocycles. The molecule has 0 heterocycles. The van der Waals surface area contributed by atoms with Gasteiger partial charge in [0.25, 0.3) is 0 Å². The summed E-state index contributed by atoms with van der Waals surface area (Å²) >= 11 is 0. The smallest absolute Gasteiger partial charge is 0.376 e. The van der Waals surface area contributed by atoms with Crippen molar-refractivity contribution in [2.45, 2.75) is 37.5 Å². The first-order chi connectivity index (χ1) is 9.33. The molecule has 1 atom stereocenters. The molecule has 0 saturated carbocycles. The molecular weight excluding hydrogens is 269 g/mol. The Hall–Kier alpha value is -1.62. The number of alkyl halides is 3. The Morgan fingerprint density at radius 1 is 1.10 bits per heavy atom. The van der Waals surface area contributed by atoms with Crippen molar-refractivity contribution in [2.75, 3.05) is 0 Å². The van der Waals surface area contributed by atoms with Crippen LogP contribution in [0, 0.1) is 0 Å². The summed E-state index contributed by atoms with van der Waals surface area (Å²) in [5, 5.41) is 10.2. The van der Waals surface area contributed by atoms with Gasteiger partial charge in [-0.3, -0.25) is 4.79 Å². The Morgan fingerprint density at radius 3 is 2.30 bits per heavy atom. The second kappa shape index (κ2) is 5.40. The van der Waals surface area contributed by atoms with Crippen molar-refractivity contribution in [3.8, 4) is 0 Å². The minimum absolute atomic E-state index is 0.177. The molecule has 1 aliphatic rings. The number of rotatable bonds is 3. The van der Waals surface area contributed by atoms with E-state index in [2.05, 4.69) is 0 Å². The third kappa shape index (κ3) is 2.93. The fraction of sp³-hybridized carbons (Fsp3) is 0.400. The van der Waals surface area contributed by atoms with Gasteiger partial charge in [0, 0.05) is 12.8 Å². The van der Waals surface area contributed by atoms with Crippen LogP contribution in [0.25, 0.3) is 0 Å². The summed E-state index contributed by atoms with van der Waals surface area (Å²) in [7, 11) is 0. The van der Waals surface area contributed by atoms with Crippen molar-refractivity contribution in [3.05, 3.63) is 47.5 Å². The maximum atomic E-state index is 13.3. The molecule has 0 aromatic heterocycles. The minimum atomic E-state index is -4.80. The Bertz CT molecular complexity index is 520. The summed E-state index contributed by atoms with van der Waals surface area (Å²) in [5.74, 6) is -0.177. The summed E-state index contributed by atoms with van der Waals surface area (Å²) in [6, 6.07) is 6.99. The fourth-order valence-corrected chi connectivity index (χ4v) is 2.41. The van der Waals surface area contributed by atoms with E-state index in [-0.39, 0.29) is 11.3 Å². The molecular formula is C15H15F3O2. The van der Waals surface area contributed by atoms with Gasteiger partial charge in [0.2, 0.25) is 0 Å². The minimum Gasteiger partial charge on any atom is -0.376 e. The van der Waals surface area contributed by atoms with E-state index in [4.69, 9.17) is 0 Å². The van der Waals surface area contributed by atoms with Gasteiger partial charge in [-0.1, -0.05) is 35.9 Å². The van der Waals surface area contributed by atoms with Crippen LogP contribution in [0.1, 0.15) is 31.2 Å². The third-order valence-corrected chi connectivity index (χ3v) is 3.49. The molecule has 1 aliphatic carbocycles. The zero-order valence-corrected chi connectivity index (χ0v) is 10.8. The van der Waals surface area contributed by atoms with Gasteiger partial charge >= 0.3 is 6.18 Å². The number of carbonyl (C=O) groups excluding carboxylic acids is 1. The summed E-state index contributed by atoms with van der Waals surface area (Å²) in [5.41, 5.74) is -2.80. The van der Waals surface area contributed by atoms with Crippen LogP contribution in [0.15, 0.2) is 42.0 Å². The maximum absolute atomic E-state index is 13.3. The predicted octanol–water partition coefficient (Wildman–Crippen LogP) is 3.51. The summed E-state index contributed by atoms with van der Waals surface area (Å²) in [6.07, 6.45) is -2.84. The molecule has 108 valence electrons. The number of hydrogen-bond acceptors (Lipinski definition) is 2. The Morgan fingerprint density at radius 2 is 1.75 bits per heavy atom. The molecule has 1 N–H and O–H groups in total. The van der Waals surface area contributed by atoms with Crippen LogP contribution < -0.4 is 0 Å². The second-order valence-corrected chi connectivity index (χ2v) is 5.02.